The van der Waals surface area contributed by atoms with Gasteiger partial charge in [-0.3, -0.25) is 4.99 Å². The summed E-state index contributed by atoms with van der Waals surface area (Å²) in [7, 11) is 1.73. The number of aryl methyl sites for hydroxylation is 1. The van der Waals surface area contributed by atoms with E-state index in [4.69, 9.17) is 10.5 Å². The van der Waals surface area contributed by atoms with Crippen LogP contribution in [0.1, 0.15) is 36.8 Å². The molecule has 4 nitrogen and oxygen atoms in total. The lowest BCUT2D eigenvalue weighted by Gasteiger charge is -2.44. The Bertz CT molecular complexity index is 579. The van der Waals surface area contributed by atoms with E-state index in [0.29, 0.717) is 6.04 Å². The van der Waals surface area contributed by atoms with Gasteiger partial charge in [0.15, 0.2) is 5.96 Å². The molecule has 1 spiro atoms. The normalized spacial score (nSPS) is 28.4. The van der Waals surface area contributed by atoms with Crippen LogP contribution in [-0.2, 0) is 12.0 Å². The van der Waals surface area contributed by atoms with Gasteiger partial charge in [-0.25, -0.2) is 0 Å². The third-order valence-corrected chi connectivity index (χ3v) is 4.98. The van der Waals surface area contributed by atoms with Gasteiger partial charge in [0.05, 0.1) is 19.2 Å². The minimum Gasteiger partial charge on any atom is -0.497 e. The van der Waals surface area contributed by atoms with Crippen molar-refractivity contribution in [1.29, 1.82) is 0 Å². The number of ether oxygens (including phenoxy) is 1. The predicted molar refractivity (Wildman–Crippen MR) is 79.0 cm³/mol. The molecule has 1 aromatic carbocycles. The van der Waals surface area contributed by atoms with Gasteiger partial charge in [0.25, 0.3) is 0 Å². The molecular formula is C16H21N3O. The van der Waals surface area contributed by atoms with Crippen molar-refractivity contribution < 1.29 is 4.74 Å². The average Bonchev–Trinajstić information content (AvgIpc) is 3.25. The van der Waals surface area contributed by atoms with Crippen molar-refractivity contribution >= 4 is 5.96 Å². The fourth-order valence-electron chi connectivity index (χ4n) is 3.91. The minimum absolute atomic E-state index is 0.00657. The Balaban J connectivity index is 1.84. The van der Waals surface area contributed by atoms with Crippen LogP contribution in [0.15, 0.2) is 23.2 Å². The molecule has 1 atom stereocenters. The number of hydrogen-bond acceptors (Lipinski definition) is 4. The van der Waals surface area contributed by atoms with Crippen molar-refractivity contribution in [3.05, 3.63) is 29.3 Å². The van der Waals surface area contributed by atoms with E-state index < -0.39 is 0 Å². The maximum Gasteiger partial charge on any atom is 0.192 e. The molecule has 1 unspecified atom stereocenters. The third-order valence-electron chi connectivity index (χ3n) is 4.98. The van der Waals surface area contributed by atoms with Crippen LogP contribution in [0.25, 0.3) is 0 Å². The summed E-state index contributed by atoms with van der Waals surface area (Å²) in [6, 6.07) is 7.09. The van der Waals surface area contributed by atoms with Crippen LogP contribution in [0.3, 0.4) is 0 Å². The van der Waals surface area contributed by atoms with Gasteiger partial charge in [0, 0.05) is 6.04 Å². The lowest BCUT2D eigenvalue weighted by atomic mass is 9.75. The van der Waals surface area contributed by atoms with E-state index in [1.807, 2.05) is 0 Å². The first-order valence-corrected chi connectivity index (χ1v) is 7.51. The molecule has 0 amide bonds. The molecule has 2 aliphatic carbocycles. The maximum absolute atomic E-state index is 6.20. The SMILES string of the molecule is COc1ccc2c(c1)C1(CCC2)CN=C(N)N1C1CC1. The molecule has 4 heteroatoms. The fourth-order valence-corrected chi connectivity index (χ4v) is 3.91. The summed E-state index contributed by atoms with van der Waals surface area (Å²) in [6.45, 7) is 0.801. The summed E-state index contributed by atoms with van der Waals surface area (Å²) in [5.74, 6) is 1.68. The van der Waals surface area contributed by atoms with Gasteiger partial charge in [-0.1, -0.05) is 6.07 Å². The number of nitrogens with two attached hydrogens (primary N) is 1. The summed E-state index contributed by atoms with van der Waals surface area (Å²) >= 11 is 0. The number of nitrogens with zero attached hydrogens (tertiary/aromatic N) is 2. The van der Waals surface area contributed by atoms with Gasteiger partial charge in [0.2, 0.25) is 0 Å². The summed E-state index contributed by atoms with van der Waals surface area (Å²) in [5, 5.41) is 0. The number of guanidine groups is 1. The van der Waals surface area contributed by atoms with Crippen molar-refractivity contribution in [3.63, 3.8) is 0 Å². The van der Waals surface area contributed by atoms with E-state index in [1.165, 1.54) is 30.4 Å². The smallest absolute Gasteiger partial charge is 0.192 e. The number of methoxy groups -OCH3 is 1. The van der Waals surface area contributed by atoms with Crippen molar-refractivity contribution in [2.45, 2.75) is 43.7 Å². The van der Waals surface area contributed by atoms with E-state index in [1.54, 1.807) is 7.11 Å². The lowest BCUT2D eigenvalue weighted by molar-refractivity contribution is 0.164. The van der Waals surface area contributed by atoms with E-state index >= 15 is 0 Å². The largest absolute Gasteiger partial charge is 0.497 e. The fraction of sp³-hybridized carbons (Fsp3) is 0.562. The molecule has 1 heterocycles. The zero-order valence-corrected chi connectivity index (χ0v) is 11.9. The first-order valence-electron chi connectivity index (χ1n) is 7.51. The average molecular weight is 271 g/mol. The van der Waals surface area contributed by atoms with E-state index in [9.17, 15) is 0 Å². The topological polar surface area (TPSA) is 50.9 Å². The third kappa shape index (κ3) is 1.57. The minimum atomic E-state index is -0.00657. The number of benzene rings is 1. The summed E-state index contributed by atoms with van der Waals surface area (Å²) in [4.78, 5) is 7.00. The van der Waals surface area contributed by atoms with Crippen LogP contribution in [0, 0.1) is 0 Å². The molecule has 3 aliphatic rings. The van der Waals surface area contributed by atoms with E-state index in [0.717, 1.165) is 31.1 Å². The number of hydrogen-bond donors (Lipinski definition) is 1. The molecule has 1 aromatic rings. The number of rotatable bonds is 2. The molecule has 4 rings (SSSR count). The second-order valence-electron chi connectivity index (χ2n) is 6.18. The molecule has 1 saturated carbocycles. The Kier molecular flexibility index (Phi) is 2.50. The predicted octanol–water partition coefficient (Wildman–Crippen LogP) is 2.02. The Morgan fingerprint density at radius 1 is 1.40 bits per heavy atom. The summed E-state index contributed by atoms with van der Waals surface area (Å²) in [5.41, 5.74) is 9.02. The summed E-state index contributed by atoms with van der Waals surface area (Å²) in [6.07, 6.45) is 6.01. The van der Waals surface area contributed by atoms with Crippen LogP contribution in [0.5, 0.6) is 5.75 Å². The Hall–Kier alpha value is -1.71. The molecule has 0 bridgehead atoms. The highest BCUT2D eigenvalue weighted by Gasteiger charge is 2.51. The van der Waals surface area contributed by atoms with Gasteiger partial charge < -0.3 is 15.4 Å². The highest BCUT2D eigenvalue weighted by atomic mass is 16.5. The van der Waals surface area contributed by atoms with E-state index in [-0.39, 0.29) is 5.54 Å². The van der Waals surface area contributed by atoms with Gasteiger partial charge in [-0.2, -0.15) is 0 Å². The van der Waals surface area contributed by atoms with Crippen LogP contribution in [0.4, 0.5) is 0 Å². The van der Waals surface area contributed by atoms with Crippen LogP contribution in [-0.4, -0.2) is 30.6 Å². The molecule has 0 aromatic heterocycles. The Labute approximate surface area is 119 Å². The quantitative estimate of drug-likeness (QED) is 0.895. The molecule has 1 aliphatic heterocycles. The number of aliphatic imine (C=N–C) groups is 1. The highest BCUT2D eigenvalue weighted by molar-refractivity contribution is 5.82. The zero-order valence-electron chi connectivity index (χ0n) is 11.9. The van der Waals surface area contributed by atoms with Crippen molar-refractivity contribution in [3.8, 4) is 5.75 Å². The highest BCUT2D eigenvalue weighted by Crippen LogP contribution is 2.48. The van der Waals surface area contributed by atoms with Crippen molar-refractivity contribution in [2.24, 2.45) is 10.7 Å². The Morgan fingerprint density at radius 2 is 2.25 bits per heavy atom. The molecule has 0 saturated heterocycles. The molecule has 0 radical (unpaired) electrons. The molecule has 2 N–H and O–H groups in total. The van der Waals surface area contributed by atoms with Crippen LogP contribution in [0.2, 0.25) is 0 Å². The number of fused-ring (bicyclic) bond motifs is 2. The standard InChI is InChI=1S/C16H21N3O/c1-20-13-7-4-11-3-2-8-16(14(11)9-13)10-18-15(17)19(16)12-5-6-12/h4,7,9,12H,2-3,5-6,8,10H2,1H3,(H2,17,18). The first-order chi connectivity index (χ1) is 9.74. The molecule has 106 valence electrons. The first kappa shape index (κ1) is 12.1. The lowest BCUT2D eigenvalue weighted by Crippen LogP contribution is -2.52. The van der Waals surface area contributed by atoms with Crippen molar-refractivity contribution in [1.82, 2.24) is 4.90 Å². The van der Waals surface area contributed by atoms with Crippen molar-refractivity contribution in [2.75, 3.05) is 13.7 Å². The monoisotopic (exact) mass is 271 g/mol. The summed E-state index contributed by atoms with van der Waals surface area (Å²) < 4.78 is 5.43. The molecular weight excluding hydrogens is 250 g/mol. The Morgan fingerprint density at radius 3 is 3.00 bits per heavy atom. The molecule has 20 heavy (non-hydrogen) atoms. The maximum atomic E-state index is 6.20. The van der Waals surface area contributed by atoms with Gasteiger partial charge in [-0.15, -0.1) is 0 Å². The zero-order chi connectivity index (χ0) is 13.7. The molecule has 1 fully saturated rings. The van der Waals surface area contributed by atoms with Crippen LogP contribution >= 0.6 is 0 Å². The second-order valence-corrected chi connectivity index (χ2v) is 6.18. The van der Waals surface area contributed by atoms with Gasteiger partial charge in [0.1, 0.15) is 5.75 Å². The van der Waals surface area contributed by atoms with Gasteiger partial charge >= 0.3 is 0 Å². The van der Waals surface area contributed by atoms with Crippen LogP contribution < -0.4 is 10.5 Å². The second kappa shape index (κ2) is 4.14. The van der Waals surface area contributed by atoms with E-state index in [2.05, 4.69) is 28.1 Å². The van der Waals surface area contributed by atoms with Gasteiger partial charge in [-0.05, 0) is 55.4 Å².